The Morgan fingerprint density at radius 2 is 2.15 bits per heavy atom. The minimum absolute atomic E-state index is 0.203. The third-order valence-electron chi connectivity index (χ3n) is 3.47. The van der Waals surface area contributed by atoms with Crippen LogP contribution >= 0.6 is 11.3 Å². The number of carboxylic acids is 1. The van der Waals surface area contributed by atoms with Crippen LogP contribution in [0.3, 0.4) is 0 Å². The molecule has 1 fully saturated rings. The fourth-order valence-electron chi connectivity index (χ4n) is 2.42. The number of amides is 1. The summed E-state index contributed by atoms with van der Waals surface area (Å²) in [5.74, 6) is -1.11. The van der Waals surface area contributed by atoms with Crippen molar-refractivity contribution >= 4 is 29.3 Å². The summed E-state index contributed by atoms with van der Waals surface area (Å²) in [6, 6.07) is 3.28. The zero-order valence-electron chi connectivity index (χ0n) is 11.5. The standard InChI is InChI=1S/C15H19NO3S/c1-11-6-7-12(20-11)8-9-14(17)16-10-4-2-3-5-13(16)15(18)19/h6-9,13H,2-5,10H2,1H3,(H,18,19). The van der Waals surface area contributed by atoms with Gasteiger partial charge in [0.2, 0.25) is 5.91 Å². The summed E-state index contributed by atoms with van der Waals surface area (Å²) in [5.41, 5.74) is 0. The Hall–Kier alpha value is -1.62. The average molecular weight is 293 g/mol. The lowest BCUT2D eigenvalue weighted by atomic mass is 10.1. The fraction of sp³-hybridized carbons (Fsp3) is 0.467. The first-order chi connectivity index (χ1) is 9.58. The Bertz CT molecular complexity index is 521. The first kappa shape index (κ1) is 14.8. The molecule has 1 atom stereocenters. The quantitative estimate of drug-likeness (QED) is 0.872. The molecule has 1 amide bonds. The molecule has 4 nitrogen and oxygen atoms in total. The smallest absolute Gasteiger partial charge is 0.326 e. The number of aryl methyl sites for hydroxylation is 1. The molecule has 0 aliphatic carbocycles. The van der Waals surface area contributed by atoms with Crippen molar-refractivity contribution in [2.24, 2.45) is 0 Å². The minimum Gasteiger partial charge on any atom is -0.480 e. The number of hydrogen-bond donors (Lipinski definition) is 1. The summed E-state index contributed by atoms with van der Waals surface area (Å²) in [6.07, 6.45) is 6.54. The van der Waals surface area contributed by atoms with E-state index in [4.69, 9.17) is 0 Å². The molecule has 1 aliphatic heterocycles. The Labute approximate surface area is 122 Å². The molecule has 20 heavy (non-hydrogen) atoms. The van der Waals surface area contributed by atoms with Gasteiger partial charge in [-0.3, -0.25) is 4.79 Å². The summed E-state index contributed by atoms with van der Waals surface area (Å²) in [4.78, 5) is 27.2. The van der Waals surface area contributed by atoms with Crippen LogP contribution in [0, 0.1) is 6.92 Å². The lowest BCUT2D eigenvalue weighted by molar-refractivity contribution is -0.148. The molecule has 1 N–H and O–H groups in total. The van der Waals surface area contributed by atoms with Crippen molar-refractivity contribution in [2.75, 3.05) is 6.54 Å². The van der Waals surface area contributed by atoms with E-state index in [2.05, 4.69) is 0 Å². The monoisotopic (exact) mass is 293 g/mol. The zero-order chi connectivity index (χ0) is 14.5. The van der Waals surface area contributed by atoms with Gasteiger partial charge in [-0.25, -0.2) is 4.79 Å². The molecule has 1 unspecified atom stereocenters. The first-order valence-corrected chi connectivity index (χ1v) is 7.67. The van der Waals surface area contributed by atoms with Crippen LogP contribution in [0.25, 0.3) is 6.08 Å². The van der Waals surface area contributed by atoms with E-state index in [1.807, 2.05) is 19.1 Å². The third kappa shape index (κ3) is 3.70. The van der Waals surface area contributed by atoms with Crippen LogP contribution in [-0.2, 0) is 9.59 Å². The van der Waals surface area contributed by atoms with Gasteiger partial charge in [0.1, 0.15) is 6.04 Å². The first-order valence-electron chi connectivity index (χ1n) is 6.86. The highest BCUT2D eigenvalue weighted by Crippen LogP contribution is 2.19. The lowest BCUT2D eigenvalue weighted by Gasteiger charge is -2.25. The van der Waals surface area contributed by atoms with Gasteiger partial charge in [-0.2, -0.15) is 0 Å². The molecular weight excluding hydrogens is 274 g/mol. The largest absolute Gasteiger partial charge is 0.480 e. The minimum atomic E-state index is -0.902. The normalized spacial score (nSPS) is 20.1. The van der Waals surface area contributed by atoms with Gasteiger partial charge in [-0.15, -0.1) is 11.3 Å². The van der Waals surface area contributed by atoms with Crippen LogP contribution in [0.4, 0.5) is 0 Å². The highest BCUT2D eigenvalue weighted by atomic mass is 32.1. The Morgan fingerprint density at radius 1 is 1.35 bits per heavy atom. The van der Waals surface area contributed by atoms with Gasteiger partial charge < -0.3 is 10.0 Å². The number of nitrogens with zero attached hydrogens (tertiary/aromatic N) is 1. The summed E-state index contributed by atoms with van der Waals surface area (Å²) in [7, 11) is 0. The van der Waals surface area contributed by atoms with Crippen LogP contribution in [0.2, 0.25) is 0 Å². The van der Waals surface area contributed by atoms with Gasteiger partial charge in [-0.1, -0.05) is 12.8 Å². The number of likely N-dealkylation sites (tertiary alicyclic amines) is 1. The van der Waals surface area contributed by atoms with E-state index in [1.54, 1.807) is 17.4 Å². The number of aliphatic carboxylic acids is 1. The summed E-state index contributed by atoms with van der Waals surface area (Å²) < 4.78 is 0. The molecule has 5 heteroatoms. The van der Waals surface area contributed by atoms with E-state index < -0.39 is 12.0 Å². The fourth-order valence-corrected chi connectivity index (χ4v) is 3.20. The van der Waals surface area contributed by atoms with Crippen molar-refractivity contribution in [1.82, 2.24) is 4.90 Å². The summed E-state index contributed by atoms with van der Waals surface area (Å²) in [6.45, 7) is 2.54. The molecule has 0 radical (unpaired) electrons. The van der Waals surface area contributed by atoms with E-state index in [0.29, 0.717) is 13.0 Å². The molecule has 0 spiro atoms. The van der Waals surface area contributed by atoms with Crippen LogP contribution in [-0.4, -0.2) is 34.5 Å². The Kier molecular flexibility index (Phi) is 4.95. The maximum Gasteiger partial charge on any atom is 0.326 e. The van der Waals surface area contributed by atoms with Crippen LogP contribution < -0.4 is 0 Å². The number of carbonyl (C=O) groups is 2. The molecule has 1 saturated heterocycles. The van der Waals surface area contributed by atoms with E-state index in [1.165, 1.54) is 15.9 Å². The van der Waals surface area contributed by atoms with Crippen molar-refractivity contribution in [3.8, 4) is 0 Å². The average Bonchev–Trinajstić information content (AvgIpc) is 2.68. The van der Waals surface area contributed by atoms with Gasteiger partial charge >= 0.3 is 5.97 Å². The predicted octanol–water partition coefficient (Wildman–Crippen LogP) is 2.93. The Morgan fingerprint density at radius 3 is 2.80 bits per heavy atom. The van der Waals surface area contributed by atoms with Crippen molar-refractivity contribution in [1.29, 1.82) is 0 Å². The van der Waals surface area contributed by atoms with E-state index in [0.717, 1.165) is 24.1 Å². The molecule has 0 aromatic carbocycles. The molecule has 108 valence electrons. The number of carboxylic acid groups (broad SMARTS) is 1. The summed E-state index contributed by atoms with van der Waals surface area (Å²) >= 11 is 1.61. The topological polar surface area (TPSA) is 57.6 Å². The lowest BCUT2D eigenvalue weighted by Crippen LogP contribution is -2.43. The van der Waals surface area contributed by atoms with Crippen LogP contribution in [0.15, 0.2) is 18.2 Å². The van der Waals surface area contributed by atoms with Crippen molar-refractivity contribution in [3.05, 3.63) is 28.0 Å². The van der Waals surface area contributed by atoms with Crippen LogP contribution in [0.1, 0.15) is 35.4 Å². The number of thiophene rings is 1. The van der Waals surface area contributed by atoms with E-state index >= 15 is 0 Å². The number of hydrogen-bond acceptors (Lipinski definition) is 3. The van der Waals surface area contributed by atoms with E-state index in [9.17, 15) is 14.7 Å². The maximum atomic E-state index is 12.2. The second-order valence-electron chi connectivity index (χ2n) is 5.02. The molecular formula is C15H19NO3S. The Balaban J connectivity index is 2.08. The van der Waals surface area contributed by atoms with Gasteiger partial charge in [0.05, 0.1) is 0 Å². The molecule has 1 aliphatic rings. The number of carbonyl (C=O) groups excluding carboxylic acids is 1. The third-order valence-corrected chi connectivity index (χ3v) is 4.44. The second kappa shape index (κ2) is 6.70. The highest BCUT2D eigenvalue weighted by Gasteiger charge is 2.29. The summed E-state index contributed by atoms with van der Waals surface area (Å²) in [5, 5.41) is 9.26. The molecule has 2 heterocycles. The van der Waals surface area contributed by atoms with Crippen LogP contribution in [0.5, 0.6) is 0 Å². The van der Waals surface area contributed by atoms with E-state index in [-0.39, 0.29) is 5.91 Å². The van der Waals surface area contributed by atoms with Crippen molar-refractivity contribution < 1.29 is 14.7 Å². The molecule has 1 aromatic rings. The van der Waals surface area contributed by atoms with Gasteiger partial charge in [0, 0.05) is 22.4 Å². The molecule has 0 bridgehead atoms. The highest BCUT2D eigenvalue weighted by molar-refractivity contribution is 7.12. The van der Waals surface area contributed by atoms with Crippen molar-refractivity contribution in [3.63, 3.8) is 0 Å². The predicted molar refractivity (Wildman–Crippen MR) is 79.7 cm³/mol. The number of rotatable bonds is 3. The SMILES string of the molecule is Cc1ccc(C=CC(=O)N2CCCCCC2C(=O)O)s1. The van der Waals surface area contributed by atoms with Gasteiger partial charge in [0.25, 0.3) is 0 Å². The van der Waals surface area contributed by atoms with Gasteiger partial charge in [-0.05, 0) is 38.0 Å². The second-order valence-corrected chi connectivity index (χ2v) is 6.34. The van der Waals surface area contributed by atoms with Crippen molar-refractivity contribution in [2.45, 2.75) is 38.6 Å². The molecule has 0 saturated carbocycles. The van der Waals surface area contributed by atoms with Gasteiger partial charge in [0.15, 0.2) is 0 Å². The zero-order valence-corrected chi connectivity index (χ0v) is 12.4. The maximum absolute atomic E-state index is 12.2. The molecule has 1 aromatic heterocycles. The molecule has 2 rings (SSSR count).